The lowest BCUT2D eigenvalue weighted by Gasteiger charge is -2.14. The van der Waals surface area contributed by atoms with Crippen LogP contribution in [0.4, 0.5) is 0 Å². The molecule has 0 radical (unpaired) electrons. The van der Waals surface area contributed by atoms with Crippen molar-refractivity contribution in [3.63, 3.8) is 0 Å². The lowest BCUT2D eigenvalue weighted by molar-refractivity contribution is 0.156. The van der Waals surface area contributed by atoms with E-state index in [1.165, 1.54) is 29.0 Å². The molecule has 2 rings (SSSR count). The molecule has 2 N–H and O–H groups in total. The lowest BCUT2D eigenvalue weighted by Crippen LogP contribution is -2.36. The number of sulfonamides is 1. The number of pyridine rings is 1. The fraction of sp³-hybridized carbons (Fsp3) is 0.353. The van der Waals surface area contributed by atoms with Crippen molar-refractivity contribution in [2.75, 3.05) is 6.54 Å². The summed E-state index contributed by atoms with van der Waals surface area (Å²) in [6.45, 7) is 3.56. The van der Waals surface area contributed by atoms with Gasteiger partial charge in [-0.1, -0.05) is 6.07 Å². The molecule has 2 aromatic rings. The first kappa shape index (κ1) is 19.2. The van der Waals surface area contributed by atoms with Crippen molar-refractivity contribution in [1.82, 2.24) is 9.29 Å². The minimum Gasteiger partial charge on any atom is -0.491 e. The van der Waals surface area contributed by atoms with Gasteiger partial charge >= 0.3 is 0 Å². The standard InChI is InChI=1S/C17H22N2O5S/c1-13(2)24-15-6-8-16(9-7-15)25(22,23)18-11-14(20)12-19-10-4-3-5-17(19)21/h3-10,13-14,18,20H,11-12H2,1-2H3. The van der Waals surface area contributed by atoms with Gasteiger partial charge in [-0.05, 0) is 44.2 Å². The molecule has 1 heterocycles. The summed E-state index contributed by atoms with van der Waals surface area (Å²) in [6.07, 6.45) is 0.503. The molecule has 0 saturated heterocycles. The maximum absolute atomic E-state index is 12.3. The Morgan fingerprint density at radius 3 is 2.44 bits per heavy atom. The molecule has 0 aliphatic carbocycles. The molecule has 0 amide bonds. The number of nitrogens with zero attached hydrogens (tertiary/aromatic N) is 1. The normalized spacial score (nSPS) is 13.0. The highest BCUT2D eigenvalue weighted by molar-refractivity contribution is 7.89. The van der Waals surface area contributed by atoms with Crippen LogP contribution in [0.25, 0.3) is 0 Å². The molecule has 1 aromatic heterocycles. The van der Waals surface area contributed by atoms with Crippen molar-refractivity contribution in [1.29, 1.82) is 0 Å². The molecule has 0 aliphatic rings. The van der Waals surface area contributed by atoms with Crippen molar-refractivity contribution >= 4 is 10.0 Å². The summed E-state index contributed by atoms with van der Waals surface area (Å²) in [4.78, 5) is 11.7. The Morgan fingerprint density at radius 1 is 1.16 bits per heavy atom. The number of aromatic nitrogens is 1. The van der Waals surface area contributed by atoms with Crippen molar-refractivity contribution in [2.45, 2.75) is 37.5 Å². The topological polar surface area (TPSA) is 97.6 Å². The van der Waals surface area contributed by atoms with E-state index < -0.39 is 16.1 Å². The van der Waals surface area contributed by atoms with Crippen LogP contribution in [-0.4, -0.2) is 36.8 Å². The molecule has 0 saturated carbocycles. The lowest BCUT2D eigenvalue weighted by atomic mass is 10.3. The van der Waals surface area contributed by atoms with Gasteiger partial charge in [0.05, 0.1) is 23.6 Å². The van der Waals surface area contributed by atoms with Crippen molar-refractivity contribution in [3.05, 3.63) is 59.0 Å². The largest absolute Gasteiger partial charge is 0.491 e. The Hall–Kier alpha value is -2.16. The molecule has 0 fully saturated rings. The third-order valence-electron chi connectivity index (χ3n) is 3.32. The molecule has 25 heavy (non-hydrogen) atoms. The van der Waals surface area contributed by atoms with Crippen LogP contribution in [0.1, 0.15) is 13.8 Å². The molecule has 1 atom stereocenters. The maximum Gasteiger partial charge on any atom is 0.250 e. The summed E-state index contributed by atoms with van der Waals surface area (Å²) in [6, 6.07) is 10.7. The maximum atomic E-state index is 12.3. The highest BCUT2D eigenvalue weighted by Gasteiger charge is 2.16. The fourth-order valence-corrected chi connectivity index (χ4v) is 3.23. The van der Waals surface area contributed by atoms with E-state index in [9.17, 15) is 18.3 Å². The number of hydrogen-bond acceptors (Lipinski definition) is 5. The first-order valence-electron chi connectivity index (χ1n) is 7.88. The zero-order valence-electron chi connectivity index (χ0n) is 14.1. The molecular weight excluding hydrogens is 344 g/mol. The zero-order chi connectivity index (χ0) is 18.4. The summed E-state index contributed by atoms with van der Waals surface area (Å²) in [7, 11) is -3.76. The summed E-state index contributed by atoms with van der Waals surface area (Å²) in [5, 5.41) is 9.97. The highest BCUT2D eigenvalue weighted by Crippen LogP contribution is 2.17. The Labute approximate surface area is 146 Å². The Kier molecular flexibility index (Phi) is 6.35. The average molecular weight is 366 g/mol. The molecule has 0 bridgehead atoms. The van der Waals surface area contributed by atoms with Gasteiger partial charge in [-0.25, -0.2) is 13.1 Å². The van der Waals surface area contributed by atoms with E-state index in [2.05, 4.69) is 4.72 Å². The Bertz CT molecular complexity index is 844. The quantitative estimate of drug-likeness (QED) is 0.726. The van der Waals surface area contributed by atoms with Crippen LogP contribution in [0, 0.1) is 0 Å². The summed E-state index contributed by atoms with van der Waals surface area (Å²) >= 11 is 0. The number of rotatable bonds is 8. The highest BCUT2D eigenvalue weighted by atomic mass is 32.2. The first-order chi connectivity index (χ1) is 11.8. The molecule has 1 unspecified atom stereocenters. The van der Waals surface area contributed by atoms with Crippen LogP contribution < -0.4 is 15.0 Å². The van der Waals surface area contributed by atoms with Crippen LogP contribution in [0.5, 0.6) is 5.75 Å². The van der Waals surface area contributed by atoms with Gasteiger partial charge in [-0.2, -0.15) is 0 Å². The third kappa shape index (κ3) is 5.70. The zero-order valence-corrected chi connectivity index (χ0v) is 14.9. The van der Waals surface area contributed by atoms with E-state index in [0.717, 1.165) is 0 Å². The molecule has 136 valence electrons. The van der Waals surface area contributed by atoms with Crippen LogP contribution in [0.2, 0.25) is 0 Å². The van der Waals surface area contributed by atoms with E-state index >= 15 is 0 Å². The number of nitrogens with one attached hydrogen (secondary N) is 1. The van der Waals surface area contributed by atoms with E-state index in [-0.39, 0.29) is 29.6 Å². The smallest absolute Gasteiger partial charge is 0.250 e. The van der Waals surface area contributed by atoms with E-state index in [0.29, 0.717) is 5.75 Å². The average Bonchev–Trinajstić information content (AvgIpc) is 2.55. The third-order valence-corrected chi connectivity index (χ3v) is 4.76. The number of ether oxygens (including phenoxy) is 1. The van der Waals surface area contributed by atoms with Gasteiger partial charge in [-0.15, -0.1) is 0 Å². The van der Waals surface area contributed by atoms with Gasteiger partial charge < -0.3 is 14.4 Å². The van der Waals surface area contributed by atoms with Gasteiger partial charge in [0.15, 0.2) is 0 Å². The van der Waals surface area contributed by atoms with Crippen LogP contribution in [0.3, 0.4) is 0 Å². The number of benzene rings is 1. The second-order valence-corrected chi connectivity index (χ2v) is 7.60. The molecule has 0 aliphatic heterocycles. The fourth-order valence-electron chi connectivity index (χ4n) is 2.16. The molecular formula is C17H22N2O5S. The molecule has 7 nitrogen and oxygen atoms in total. The first-order valence-corrected chi connectivity index (χ1v) is 9.36. The summed E-state index contributed by atoms with van der Waals surface area (Å²) < 4.78 is 33.6. The SMILES string of the molecule is CC(C)Oc1ccc(S(=O)(=O)NCC(O)Cn2ccccc2=O)cc1. The van der Waals surface area contributed by atoms with Crippen LogP contribution in [0.15, 0.2) is 58.4 Å². The predicted molar refractivity (Wildman–Crippen MR) is 94.1 cm³/mol. The van der Waals surface area contributed by atoms with E-state index in [1.807, 2.05) is 13.8 Å². The summed E-state index contributed by atoms with van der Waals surface area (Å²) in [5.41, 5.74) is -0.259. The molecule has 0 spiro atoms. The van der Waals surface area contributed by atoms with Gasteiger partial charge in [-0.3, -0.25) is 4.79 Å². The second-order valence-electron chi connectivity index (χ2n) is 5.83. The van der Waals surface area contributed by atoms with E-state index in [1.54, 1.807) is 24.3 Å². The monoisotopic (exact) mass is 366 g/mol. The van der Waals surface area contributed by atoms with Crippen LogP contribution >= 0.6 is 0 Å². The molecule has 1 aromatic carbocycles. The predicted octanol–water partition coefficient (Wildman–Crippen LogP) is 0.975. The molecule has 8 heteroatoms. The minimum absolute atomic E-state index is 0.00267. The Morgan fingerprint density at radius 2 is 1.84 bits per heavy atom. The van der Waals surface area contributed by atoms with Crippen LogP contribution in [-0.2, 0) is 16.6 Å². The van der Waals surface area contributed by atoms with Gasteiger partial charge in [0.2, 0.25) is 10.0 Å². The number of aliphatic hydroxyl groups excluding tert-OH is 1. The van der Waals surface area contributed by atoms with E-state index in [4.69, 9.17) is 4.74 Å². The Balaban J connectivity index is 1.96. The number of aliphatic hydroxyl groups is 1. The van der Waals surface area contributed by atoms with Gasteiger partial charge in [0, 0.05) is 18.8 Å². The second kappa shape index (κ2) is 8.28. The minimum atomic E-state index is -3.76. The van der Waals surface area contributed by atoms with Gasteiger partial charge in [0.1, 0.15) is 5.75 Å². The summed E-state index contributed by atoms with van der Waals surface area (Å²) in [5.74, 6) is 0.581. The van der Waals surface area contributed by atoms with Gasteiger partial charge in [0.25, 0.3) is 5.56 Å². The van der Waals surface area contributed by atoms with Crippen molar-refractivity contribution in [3.8, 4) is 5.75 Å². The number of hydrogen-bond donors (Lipinski definition) is 2. The van der Waals surface area contributed by atoms with Crippen molar-refractivity contribution < 1.29 is 18.3 Å². The van der Waals surface area contributed by atoms with Crippen molar-refractivity contribution in [2.24, 2.45) is 0 Å².